The van der Waals surface area contributed by atoms with Crippen molar-refractivity contribution in [1.29, 1.82) is 0 Å². The third-order valence-corrected chi connectivity index (χ3v) is 5.49. The molecule has 0 fully saturated rings. The van der Waals surface area contributed by atoms with E-state index in [1.165, 1.54) is 10.6 Å². The highest BCUT2D eigenvalue weighted by Gasteiger charge is 2.23. The van der Waals surface area contributed by atoms with Gasteiger partial charge in [0, 0.05) is 18.8 Å². The normalized spacial score (nSPS) is 11.6. The number of hydrogen-bond acceptors (Lipinski definition) is 4. The number of aliphatic imine (C=N–C) groups is 1. The summed E-state index contributed by atoms with van der Waals surface area (Å²) in [5.74, 6) is -1.74. The van der Waals surface area contributed by atoms with Crippen LogP contribution in [0.5, 0.6) is 0 Å². The van der Waals surface area contributed by atoms with Crippen molar-refractivity contribution in [3.05, 3.63) is 106 Å². The lowest BCUT2D eigenvalue weighted by atomic mass is 9.98. The number of carbonyl (C=O) groups is 2. The summed E-state index contributed by atoms with van der Waals surface area (Å²) in [6.45, 7) is 0.308. The molecular formula is C26H29N5O4. The molecule has 0 saturated carbocycles. The summed E-state index contributed by atoms with van der Waals surface area (Å²) in [6, 6.07) is 21.0. The molecule has 0 spiro atoms. The summed E-state index contributed by atoms with van der Waals surface area (Å²) in [6.07, 6.45) is 2.17. The molecule has 3 rings (SSSR count). The zero-order chi connectivity index (χ0) is 25.2. The van der Waals surface area contributed by atoms with Gasteiger partial charge in [0.15, 0.2) is 5.96 Å². The van der Waals surface area contributed by atoms with Gasteiger partial charge in [0.2, 0.25) is 0 Å². The lowest BCUT2D eigenvalue weighted by Crippen LogP contribution is -2.40. The monoisotopic (exact) mass is 475 g/mol. The van der Waals surface area contributed by atoms with Gasteiger partial charge in [-0.3, -0.25) is 19.4 Å². The van der Waals surface area contributed by atoms with Gasteiger partial charge >= 0.3 is 5.97 Å². The predicted octanol–water partition coefficient (Wildman–Crippen LogP) is 2.11. The molecule has 1 heterocycles. The van der Waals surface area contributed by atoms with Crippen LogP contribution in [0.2, 0.25) is 0 Å². The molecule has 0 aliphatic carbocycles. The maximum absolute atomic E-state index is 13.5. The van der Waals surface area contributed by atoms with Gasteiger partial charge in [-0.05, 0) is 36.1 Å². The Morgan fingerprint density at radius 1 is 0.943 bits per heavy atom. The third-order valence-electron chi connectivity index (χ3n) is 5.49. The minimum Gasteiger partial charge on any atom is -0.481 e. The number of nitrogens with one attached hydrogen (secondary N) is 1. The lowest BCUT2D eigenvalue weighted by molar-refractivity contribution is -0.137. The van der Waals surface area contributed by atoms with E-state index in [1.807, 2.05) is 60.7 Å². The van der Waals surface area contributed by atoms with Gasteiger partial charge < -0.3 is 26.5 Å². The smallest absolute Gasteiger partial charge is 0.305 e. The van der Waals surface area contributed by atoms with Gasteiger partial charge in [0.25, 0.3) is 11.5 Å². The highest BCUT2D eigenvalue weighted by molar-refractivity contribution is 5.94. The molecule has 1 aromatic heterocycles. The van der Waals surface area contributed by atoms with Gasteiger partial charge in [-0.2, -0.15) is 0 Å². The van der Waals surface area contributed by atoms with Crippen molar-refractivity contribution in [3.63, 3.8) is 0 Å². The van der Waals surface area contributed by atoms with Crippen molar-refractivity contribution >= 4 is 17.8 Å². The number of pyridine rings is 1. The van der Waals surface area contributed by atoms with Gasteiger partial charge in [0.05, 0.1) is 12.5 Å². The molecule has 1 atom stereocenters. The number of carbonyl (C=O) groups excluding carboxylic acids is 1. The Balaban J connectivity index is 1.90. The number of benzene rings is 2. The van der Waals surface area contributed by atoms with E-state index in [-0.39, 0.29) is 17.9 Å². The van der Waals surface area contributed by atoms with Gasteiger partial charge in [-0.15, -0.1) is 0 Å². The number of nitrogens with two attached hydrogens (primary N) is 2. The van der Waals surface area contributed by atoms with E-state index in [0.29, 0.717) is 19.4 Å². The first-order chi connectivity index (χ1) is 16.9. The van der Waals surface area contributed by atoms with Crippen molar-refractivity contribution in [2.24, 2.45) is 16.5 Å². The van der Waals surface area contributed by atoms with Crippen molar-refractivity contribution in [2.45, 2.75) is 31.3 Å². The van der Waals surface area contributed by atoms with Crippen LogP contribution >= 0.6 is 0 Å². The predicted molar refractivity (Wildman–Crippen MR) is 134 cm³/mol. The average Bonchev–Trinajstić information content (AvgIpc) is 2.84. The van der Waals surface area contributed by atoms with E-state index < -0.39 is 29.5 Å². The molecule has 35 heavy (non-hydrogen) atoms. The molecule has 0 aliphatic heterocycles. The first-order valence-electron chi connectivity index (χ1n) is 11.3. The second kappa shape index (κ2) is 12.2. The number of carboxylic acids is 1. The van der Waals surface area contributed by atoms with Crippen LogP contribution in [0, 0.1) is 0 Å². The molecule has 9 nitrogen and oxygen atoms in total. The molecule has 9 heteroatoms. The molecule has 1 amide bonds. The number of guanidine groups is 1. The van der Waals surface area contributed by atoms with Gasteiger partial charge in [-0.1, -0.05) is 60.7 Å². The SMILES string of the molecule is NC(N)=NCCC[C@@H](CC(=O)O)NC(=O)c1cccn(C(c2ccccc2)c2ccccc2)c1=O. The van der Waals surface area contributed by atoms with E-state index in [2.05, 4.69) is 10.3 Å². The number of rotatable bonds is 11. The second-order valence-corrected chi connectivity index (χ2v) is 8.08. The fourth-order valence-corrected chi connectivity index (χ4v) is 3.92. The van der Waals surface area contributed by atoms with E-state index in [1.54, 1.807) is 12.3 Å². The number of carboxylic acid groups (broad SMARTS) is 1. The van der Waals surface area contributed by atoms with E-state index in [4.69, 9.17) is 11.5 Å². The lowest BCUT2D eigenvalue weighted by Gasteiger charge is -2.22. The Hall–Kier alpha value is -4.40. The standard InChI is InChI=1S/C26H29N5O4/c27-26(28)29-15-7-13-20(17-22(32)33)30-24(34)21-14-8-16-31(25(21)35)23(18-9-3-1-4-10-18)19-11-5-2-6-12-19/h1-6,8-12,14,16,20,23H,7,13,15,17H2,(H,30,34)(H,32,33)(H4,27,28,29)/t20-/m0/s1. The second-order valence-electron chi connectivity index (χ2n) is 8.08. The minimum atomic E-state index is -1.06. The van der Waals surface area contributed by atoms with Crippen LogP contribution in [0.3, 0.4) is 0 Å². The van der Waals surface area contributed by atoms with Crippen molar-refractivity contribution in [2.75, 3.05) is 6.54 Å². The Morgan fingerprint density at radius 2 is 1.54 bits per heavy atom. The first kappa shape index (κ1) is 25.2. The molecule has 2 aromatic carbocycles. The van der Waals surface area contributed by atoms with Crippen LogP contribution in [0.25, 0.3) is 0 Å². The summed E-state index contributed by atoms with van der Waals surface area (Å²) in [5, 5.41) is 11.9. The Bertz CT molecular complexity index is 1180. The van der Waals surface area contributed by atoms with Crippen molar-refractivity contribution < 1.29 is 14.7 Å². The summed E-state index contributed by atoms with van der Waals surface area (Å²) in [7, 11) is 0. The Labute approximate surface area is 203 Å². The first-order valence-corrected chi connectivity index (χ1v) is 11.3. The zero-order valence-electron chi connectivity index (χ0n) is 19.2. The molecule has 0 radical (unpaired) electrons. The van der Waals surface area contributed by atoms with E-state index >= 15 is 0 Å². The van der Waals surface area contributed by atoms with Crippen LogP contribution in [0.1, 0.15) is 46.8 Å². The maximum atomic E-state index is 13.5. The highest BCUT2D eigenvalue weighted by atomic mass is 16.4. The fourth-order valence-electron chi connectivity index (χ4n) is 3.92. The van der Waals surface area contributed by atoms with Crippen molar-refractivity contribution in [1.82, 2.24) is 9.88 Å². The topological polar surface area (TPSA) is 153 Å². The largest absolute Gasteiger partial charge is 0.481 e. The number of hydrogen-bond donors (Lipinski definition) is 4. The zero-order valence-corrected chi connectivity index (χ0v) is 19.2. The number of aliphatic carboxylic acids is 1. The minimum absolute atomic E-state index is 0.0555. The van der Waals surface area contributed by atoms with Crippen LogP contribution in [0.4, 0.5) is 0 Å². The van der Waals surface area contributed by atoms with Crippen LogP contribution in [0.15, 0.2) is 88.8 Å². The van der Waals surface area contributed by atoms with Crippen LogP contribution < -0.4 is 22.3 Å². The molecule has 0 bridgehead atoms. The average molecular weight is 476 g/mol. The Kier molecular flexibility index (Phi) is 8.77. The summed E-state index contributed by atoms with van der Waals surface area (Å²) >= 11 is 0. The fraction of sp³-hybridized carbons (Fsp3) is 0.231. The summed E-state index contributed by atoms with van der Waals surface area (Å²) < 4.78 is 1.52. The van der Waals surface area contributed by atoms with Gasteiger partial charge in [-0.25, -0.2) is 0 Å². The van der Waals surface area contributed by atoms with E-state index in [9.17, 15) is 19.5 Å². The van der Waals surface area contributed by atoms with Crippen molar-refractivity contribution in [3.8, 4) is 0 Å². The van der Waals surface area contributed by atoms with Gasteiger partial charge in [0.1, 0.15) is 5.56 Å². The Morgan fingerprint density at radius 3 is 2.09 bits per heavy atom. The molecule has 3 aromatic rings. The molecule has 0 unspecified atom stereocenters. The summed E-state index contributed by atoms with van der Waals surface area (Å²) in [4.78, 5) is 41.7. The maximum Gasteiger partial charge on any atom is 0.305 e. The highest BCUT2D eigenvalue weighted by Crippen LogP contribution is 2.25. The number of amides is 1. The molecule has 0 saturated heterocycles. The van der Waals surface area contributed by atoms with Crippen LogP contribution in [-0.2, 0) is 4.79 Å². The summed E-state index contributed by atoms with van der Waals surface area (Å²) in [5.41, 5.74) is 11.9. The number of nitrogens with zero attached hydrogens (tertiary/aromatic N) is 2. The molecular weight excluding hydrogens is 446 g/mol. The third kappa shape index (κ3) is 7.04. The molecule has 182 valence electrons. The quantitative estimate of drug-likeness (QED) is 0.189. The molecule has 6 N–H and O–H groups in total. The number of aromatic nitrogens is 1. The molecule has 0 aliphatic rings. The van der Waals surface area contributed by atoms with Crippen LogP contribution in [-0.4, -0.2) is 40.1 Å². The van der Waals surface area contributed by atoms with E-state index in [0.717, 1.165) is 11.1 Å².